The molecule has 0 aliphatic rings. The molecule has 11 heteroatoms. The van der Waals surface area contributed by atoms with Crippen molar-refractivity contribution in [2.45, 2.75) is 12.1 Å². The van der Waals surface area contributed by atoms with Crippen molar-refractivity contribution in [3.8, 4) is 5.82 Å². The largest absolute Gasteiger partial charge is 0.461 e. The maximum atomic E-state index is 13.6. The van der Waals surface area contributed by atoms with Crippen LogP contribution in [0.4, 0.5) is 22.0 Å². The number of rotatable bonds is 2. The van der Waals surface area contributed by atoms with Gasteiger partial charge in [-0.1, -0.05) is 12.1 Å². The van der Waals surface area contributed by atoms with E-state index in [0.29, 0.717) is 15.5 Å². The van der Waals surface area contributed by atoms with Gasteiger partial charge in [0.25, 0.3) is 0 Å². The first-order valence-electron chi connectivity index (χ1n) is 6.89. The molecule has 1 aromatic carbocycles. The van der Waals surface area contributed by atoms with Crippen molar-refractivity contribution in [3.63, 3.8) is 0 Å². The van der Waals surface area contributed by atoms with Gasteiger partial charge in [-0.2, -0.15) is 26.5 Å². The average molecular weight is 354 g/mol. The number of alkyl halides is 5. The van der Waals surface area contributed by atoms with Gasteiger partial charge in [-0.15, -0.1) is 15.3 Å². The zero-order chi connectivity index (χ0) is 17.8. The second kappa shape index (κ2) is 4.94. The lowest BCUT2D eigenvalue weighted by Gasteiger charge is -2.17. The van der Waals surface area contributed by atoms with Crippen LogP contribution in [0.5, 0.6) is 0 Å². The summed E-state index contributed by atoms with van der Waals surface area (Å²) in [5.74, 6) is -6.68. The van der Waals surface area contributed by atoms with Crippen LogP contribution in [0.2, 0.25) is 0 Å². The molecule has 0 bridgehead atoms. The van der Waals surface area contributed by atoms with Crippen LogP contribution in [0.25, 0.3) is 22.5 Å². The third-order valence-electron chi connectivity index (χ3n) is 3.59. The molecule has 6 nitrogen and oxygen atoms in total. The van der Waals surface area contributed by atoms with Gasteiger partial charge in [0.05, 0.1) is 11.0 Å². The molecule has 128 valence electrons. The number of hydrogen-bond donors (Lipinski definition) is 0. The Labute approximate surface area is 135 Å². The van der Waals surface area contributed by atoms with Gasteiger partial charge in [0, 0.05) is 0 Å². The molecule has 0 saturated carbocycles. The number of fused-ring (bicyclic) bond motifs is 2. The molecule has 0 amide bonds. The molecule has 0 fully saturated rings. The number of nitrogens with zero attached hydrogens (tertiary/aromatic N) is 6. The summed E-state index contributed by atoms with van der Waals surface area (Å²) in [5, 5.41) is 10.1. The van der Waals surface area contributed by atoms with Crippen molar-refractivity contribution in [2.24, 2.45) is 0 Å². The first-order valence-corrected chi connectivity index (χ1v) is 6.89. The van der Waals surface area contributed by atoms with Crippen molar-refractivity contribution in [2.75, 3.05) is 0 Å². The van der Waals surface area contributed by atoms with Gasteiger partial charge < -0.3 is 0 Å². The van der Waals surface area contributed by atoms with Gasteiger partial charge in [0.15, 0.2) is 11.5 Å². The molecule has 0 saturated heterocycles. The standard InChI is InChI=1S/C14H7F5N6/c15-13(16,14(17,18)19)12-22-21-10-5-6-11(23-25(10)12)24-7-20-8-3-1-2-4-9(8)24/h1-7H. The Morgan fingerprint density at radius 3 is 2.40 bits per heavy atom. The van der Waals surface area contributed by atoms with Gasteiger partial charge in [0.1, 0.15) is 6.33 Å². The van der Waals surface area contributed by atoms with Crippen molar-refractivity contribution in [3.05, 3.63) is 48.5 Å². The molecule has 0 radical (unpaired) electrons. The summed E-state index contributed by atoms with van der Waals surface area (Å²) in [4.78, 5) is 4.13. The molecule has 0 aliphatic carbocycles. The van der Waals surface area contributed by atoms with Crippen molar-refractivity contribution in [1.29, 1.82) is 0 Å². The Balaban J connectivity index is 1.93. The van der Waals surface area contributed by atoms with E-state index in [0.717, 1.165) is 0 Å². The van der Waals surface area contributed by atoms with E-state index in [2.05, 4.69) is 20.3 Å². The fraction of sp³-hybridized carbons (Fsp3) is 0.143. The lowest BCUT2D eigenvalue weighted by Crippen LogP contribution is -2.36. The summed E-state index contributed by atoms with van der Waals surface area (Å²) in [6.07, 6.45) is -4.42. The highest BCUT2D eigenvalue weighted by Gasteiger charge is 2.62. The van der Waals surface area contributed by atoms with Crippen LogP contribution in [0.1, 0.15) is 5.82 Å². The van der Waals surface area contributed by atoms with E-state index < -0.39 is 17.9 Å². The summed E-state index contributed by atoms with van der Waals surface area (Å²) >= 11 is 0. The van der Waals surface area contributed by atoms with E-state index in [9.17, 15) is 22.0 Å². The summed E-state index contributed by atoms with van der Waals surface area (Å²) in [5.41, 5.74) is 1.01. The smallest absolute Gasteiger partial charge is 0.281 e. The topological polar surface area (TPSA) is 60.9 Å². The molecule has 3 heterocycles. The molecule has 25 heavy (non-hydrogen) atoms. The number of hydrogen-bond acceptors (Lipinski definition) is 4. The number of halogens is 5. The fourth-order valence-electron chi connectivity index (χ4n) is 2.37. The Bertz CT molecular complexity index is 1080. The Morgan fingerprint density at radius 2 is 1.64 bits per heavy atom. The third kappa shape index (κ3) is 2.22. The van der Waals surface area contributed by atoms with Gasteiger partial charge in [-0.05, 0) is 24.3 Å². The third-order valence-corrected chi connectivity index (χ3v) is 3.59. The molecule has 0 aliphatic heterocycles. The number of imidazole rings is 1. The normalized spacial score (nSPS) is 13.0. The highest BCUT2D eigenvalue weighted by atomic mass is 19.4. The van der Waals surface area contributed by atoms with Crippen LogP contribution < -0.4 is 0 Å². The summed E-state index contributed by atoms with van der Waals surface area (Å²) in [6, 6.07) is 9.62. The minimum Gasteiger partial charge on any atom is -0.281 e. The first kappa shape index (κ1) is 15.4. The van der Waals surface area contributed by atoms with E-state index in [4.69, 9.17) is 0 Å². The predicted molar refractivity (Wildman–Crippen MR) is 75.4 cm³/mol. The van der Waals surface area contributed by atoms with Crippen LogP contribution in [0.3, 0.4) is 0 Å². The van der Waals surface area contributed by atoms with E-state index in [1.54, 1.807) is 24.3 Å². The van der Waals surface area contributed by atoms with Gasteiger partial charge in [-0.25, -0.2) is 4.98 Å². The first-order chi connectivity index (χ1) is 11.8. The molecule has 0 atom stereocenters. The SMILES string of the molecule is FC(F)(F)C(F)(F)c1nnc2ccc(-n3cnc4ccccc43)nn12. The van der Waals surface area contributed by atoms with Crippen molar-refractivity contribution < 1.29 is 22.0 Å². The lowest BCUT2D eigenvalue weighted by molar-refractivity contribution is -0.293. The summed E-state index contributed by atoms with van der Waals surface area (Å²) in [6.45, 7) is 0. The van der Waals surface area contributed by atoms with Crippen molar-refractivity contribution >= 4 is 16.7 Å². The molecule has 4 aromatic rings. The quantitative estimate of drug-likeness (QED) is 0.519. The van der Waals surface area contributed by atoms with E-state index >= 15 is 0 Å². The van der Waals surface area contributed by atoms with Crippen LogP contribution >= 0.6 is 0 Å². The predicted octanol–water partition coefficient (Wildman–Crippen LogP) is 3.12. The molecular formula is C14H7F5N6. The van der Waals surface area contributed by atoms with Gasteiger partial charge in [-0.3, -0.25) is 4.57 Å². The number of aromatic nitrogens is 6. The van der Waals surface area contributed by atoms with E-state index in [1.165, 1.54) is 23.0 Å². The minimum absolute atomic E-state index is 0.0974. The Hall–Kier alpha value is -3.11. The summed E-state index contributed by atoms with van der Waals surface area (Å²) in [7, 11) is 0. The molecule has 0 spiro atoms. The summed E-state index contributed by atoms with van der Waals surface area (Å²) < 4.78 is 67.0. The zero-order valence-corrected chi connectivity index (χ0v) is 12.1. The number of benzene rings is 1. The maximum Gasteiger partial charge on any atom is 0.461 e. The highest BCUT2D eigenvalue weighted by molar-refractivity contribution is 5.76. The molecular weight excluding hydrogens is 347 g/mol. The van der Waals surface area contributed by atoms with Gasteiger partial charge >= 0.3 is 12.1 Å². The fourth-order valence-corrected chi connectivity index (χ4v) is 2.37. The van der Waals surface area contributed by atoms with Crippen LogP contribution in [-0.4, -0.2) is 35.5 Å². The van der Waals surface area contributed by atoms with Crippen LogP contribution in [0, 0.1) is 0 Å². The number of para-hydroxylation sites is 2. The monoisotopic (exact) mass is 354 g/mol. The van der Waals surface area contributed by atoms with E-state index in [1.807, 2.05) is 0 Å². The van der Waals surface area contributed by atoms with Crippen LogP contribution in [-0.2, 0) is 5.92 Å². The zero-order valence-electron chi connectivity index (χ0n) is 12.1. The molecule has 0 unspecified atom stereocenters. The van der Waals surface area contributed by atoms with E-state index in [-0.39, 0.29) is 11.5 Å². The Morgan fingerprint density at radius 1 is 0.880 bits per heavy atom. The lowest BCUT2D eigenvalue weighted by atomic mass is 10.3. The molecule has 4 rings (SSSR count). The average Bonchev–Trinajstić information content (AvgIpc) is 3.17. The molecule has 3 aromatic heterocycles. The Kier molecular flexibility index (Phi) is 3.05. The van der Waals surface area contributed by atoms with Gasteiger partial charge in [0.2, 0.25) is 5.82 Å². The second-order valence-electron chi connectivity index (χ2n) is 5.16. The molecule has 0 N–H and O–H groups in total. The maximum absolute atomic E-state index is 13.6. The van der Waals surface area contributed by atoms with Crippen molar-refractivity contribution in [1.82, 2.24) is 29.4 Å². The highest BCUT2D eigenvalue weighted by Crippen LogP contribution is 2.42. The van der Waals surface area contributed by atoms with Crippen LogP contribution in [0.15, 0.2) is 42.7 Å². The second-order valence-corrected chi connectivity index (χ2v) is 5.16. The minimum atomic E-state index is -5.81.